The SMILES string of the molecule is CC(C)OCCNC(=O)c1cccc(Cl)c1N. The van der Waals surface area contributed by atoms with E-state index in [4.69, 9.17) is 22.1 Å². The fraction of sp³-hybridized carbons (Fsp3) is 0.417. The Balaban J connectivity index is 2.50. The van der Waals surface area contributed by atoms with Gasteiger partial charge in [0.05, 0.1) is 29.0 Å². The molecule has 17 heavy (non-hydrogen) atoms. The van der Waals surface area contributed by atoms with Crippen molar-refractivity contribution < 1.29 is 9.53 Å². The van der Waals surface area contributed by atoms with E-state index in [0.29, 0.717) is 29.4 Å². The molecule has 4 nitrogen and oxygen atoms in total. The van der Waals surface area contributed by atoms with Gasteiger partial charge < -0.3 is 15.8 Å². The zero-order valence-corrected chi connectivity index (χ0v) is 10.8. The first-order valence-electron chi connectivity index (χ1n) is 5.46. The molecular formula is C12H17ClN2O2. The third-order valence-electron chi connectivity index (χ3n) is 2.14. The molecule has 0 aliphatic heterocycles. The lowest BCUT2D eigenvalue weighted by molar-refractivity contribution is 0.0747. The number of ether oxygens (including phenoxy) is 1. The number of amides is 1. The lowest BCUT2D eigenvalue weighted by atomic mass is 10.1. The van der Waals surface area contributed by atoms with Crippen molar-refractivity contribution in [3.8, 4) is 0 Å². The Morgan fingerprint density at radius 3 is 2.88 bits per heavy atom. The van der Waals surface area contributed by atoms with Gasteiger partial charge in [0.1, 0.15) is 0 Å². The van der Waals surface area contributed by atoms with Gasteiger partial charge in [0.2, 0.25) is 0 Å². The number of nitrogens with one attached hydrogen (secondary N) is 1. The lowest BCUT2D eigenvalue weighted by Crippen LogP contribution is -2.28. The third kappa shape index (κ3) is 4.24. The highest BCUT2D eigenvalue weighted by atomic mass is 35.5. The molecule has 3 N–H and O–H groups in total. The van der Waals surface area contributed by atoms with Crippen LogP contribution in [0.5, 0.6) is 0 Å². The Kier molecular flexibility index (Phi) is 5.25. The van der Waals surface area contributed by atoms with E-state index in [1.54, 1.807) is 18.2 Å². The molecule has 5 heteroatoms. The summed E-state index contributed by atoms with van der Waals surface area (Å²) in [6, 6.07) is 4.98. The van der Waals surface area contributed by atoms with Crippen LogP contribution in [0.3, 0.4) is 0 Å². The minimum atomic E-state index is -0.239. The highest BCUT2D eigenvalue weighted by molar-refractivity contribution is 6.33. The van der Waals surface area contributed by atoms with Crippen LogP contribution in [0.4, 0.5) is 5.69 Å². The van der Waals surface area contributed by atoms with Gasteiger partial charge in [-0.3, -0.25) is 4.79 Å². The summed E-state index contributed by atoms with van der Waals surface area (Å²) >= 11 is 5.83. The number of hydrogen-bond acceptors (Lipinski definition) is 3. The first-order valence-corrected chi connectivity index (χ1v) is 5.84. The molecule has 0 unspecified atom stereocenters. The normalized spacial score (nSPS) is 10.6. The van der Waals surface area contributed by atoms with Gasteiger partial charge in [-0.25, -0.2) is 0 Å². The number of anilines is 1. The number of carbonyl (C=O) groups excluding carboxylic acids is 1. The molecule has 0 saturated carbocycles. The second kappa shape index (κ2) is 6.47. The minimum Gasteiger partial charge on any atom is -0.397 e. The molecule has 1 aromatic rings. The molecule has 0 bridgehead atoms. The molecule has 0 spiro atoms. The Labute approximate surface area is 106 Å². The van der Waals surface area contributed by atoms with Crippen molar-refractivity contribution in [2.24, 2.45) is 0 Å². The maximum absolute atomic E-state index is 11.8. The lowest BCUT2D eigenvalue weighted by Gasteiger charge is -2.10. The van der Waals surface area contributed by atoms with Crippen molar-refractivity contribution in [1.29, 1.82) is 0 Å². The summed E-state index contributed by atoms with van der Waals surface area (Å²) in [5.41, 5.74) is 6.40. The molecule has 1 rings (SSSR count). The maximum atomic E-state index is 11.8. The van der Waals surface area contributed by atoms with Crippen LogP contribution in [-0.2, 0) is 4.74 Å². The topological polar surface area (TPSA) is 64.3 Å². The Bertz CT molecular complexity index is 394. The van der Waals surface area contributed by atoms with Crippen LogP contribution in [-0.4, -0.2) is 25.2 Å². The summed E-state index contributed by atoms with van der Waals surface area (Å²) in [6.07, 6.45) is 0.156. The number of para-hydroxylation sites is 1. The predicted molar refractivity (Wildman–Crippen MR) is 69.3 cm³/mol. The van der Waals surface area contributed by atoms with Gasteiger partial charge in [0.15, 0.2) is 0 Å². The number of carbonyl (C=O) groups is 1. The monoisotopic (exact) mass is 256 g/mol. The molecule has 0 aromatic heterocycles. The number of nitrogen functional groups attached to an aromatic ring is 1. The fourth-order valence-corrected chi connectivity index (χ4v) is 1.46. The number of nitrogens with two attached hydrogens (primary N) is 1. The zero-order chi connectivity index (χ0) is 12.8. The van der Waals surface area contributed by atoms with Gasteiger partial charge in [-0.05, 0) is 26.0 Å². The van der Waals surface area contributed by atoms with Gasteiger partial charge >= 0.3 is 0 Å². The van der Waals surface area contributed by atoms with Crippen molar-refractivity contribution >= 4 is 23.2 Å². The Hall–Kier alpha value is -1.26. The highest BCUT2D eigenvalue weighted by Crippen LogP contribution is 2.21. The van der Waals surface area contributed by atoms with Crippen LogP contribution in [0.15, 0.2) is 18.2 Å². The minimum absolute atomic E-state index is 0.156. The average Bonchev–Trinajstić information content (AvgIpc) is 2.27. The average molecular weight is 257 g/mol. The summed E-state index contributed by atoms with van der Waals surface area (Å²) < 4.78 is 5.31. The maximum Gasteiger partial charge on any atom is 0.253 e. The van der Waals surface area contributed by atoms with Crippen molar-refractivity contribution in [1.82, 2.24) is 5.32 Å². The number of halogens is 1. The van der Waals surface area contributed by atoms with Crippen LogP contribution in [0.25, 0.3) is 0 Å². The molecule has 0 heterocycles. The van der Waals surface area contributed by atoms with Crippen molar-refractivity contribution in [3.05, 3.63) is 28.8 Å². The molecular weight excluding hydrogens is 240 g/mol. The standard InChI is InChI=1S/C12H17ClN2O2/c1-8(2)17-7-6-15-12(16)9-4-3-5-10(13)11(9)14/h3-5,8H,6-7,14H2,1-2H3,(H,15,16). The first kappa shape index (κ1) is 13.8. The summed E-state index contributed by atoms with van der Waals surface area (Å²) in [4.78, 5) is 11.8. The molecule has 0 saturated heterocycles. The van der Waals surface area contributed by atoms with Crippen LogP contribution in [0, 0.1) is 0 Å². The van der Waals surface area contributed by atoms with Gasteiger partial charge in [0.25, 0.3) is 5.91 Å². The fourth-order valence-electron chi connectivity index (χ4n) is 1.29. The van der Waals surface area contributed by atoms with E-state index in [1.807, 2.05) is 13.8 Å². The predicted octanol–water partition coefficient (Wildman–Crippen LogP) is 2.08. The van der Waals surface area contributed by atoms with Crippen molar-refractivity contribution in [3.63, 3.8) is 0 Å². The number of hydrogen-bond donors (Lipinski definition) is 2. The second-order valence-electron chi connectivity index (χ2n) is 3.88. The Morgan fingerprint density at radius 1 is 1.53 bits per heavy atom. The molecule has 1 amide bonds. The smallest absolute Gasteiger partial charge is 0.253 e. The van der Waals surface area contributed by atoms with E-state index in [2.05, 4.69) is 5.32 Å². The van der Waals surface area contributed by atoms with E-state index in [9.17, 15) is 4.79 Å². The molecule has 0 radical (unpaired) electrons. The molecule has 0 aliphatic rings. The first-order chi connectivity index (χ1) is 8.02. The van der Waals surface area contributed by atoms with E-state index >= 15 is 0 Å². The number of benzene rings is 1. The van der Waals surface area contributed by atoms with Gasteiger partial charge in [-0.1, -0.05) is 17.7 Å². The molecule has 1 aromatic carbocycles. The highest BCUT2D eigenvalue weighted by Gasteiger charge is 2.10. The van der Waals surface area contributed by atoms with Crippen LogP contribution >= 0.6 is 11.6 Å². The third-order valence-corrected chi connectivity index (χ3v) is 2.47. The number of rotatable bonds is 5. The largest absolute Gasteiger partial charge is 0.397 e. The van der Waals surface area contributed by atoms with Gasteiger partial charge in [0, 0.05) is 6.54 Å². The van der Waals surface area contributed by atoms with Crippen LogP contribution in [0.2, 0.25) is 5.02 Å². The summed E-state index contributed by atoms with van der Waals surface area (Å²) in [5.74, 6) is -0.239. The van der Waals surface area contributed by atoms with E-state index < -0.39 is 0 Å². The second-order valence-corrected chi connectivity index (χ2v) is 4.28. The zero-order valence-electron chi connectivity index (χ0n) is 10.00. The molecule has 0 aliphatic carbocycles. The summed E-state index contributed by atoms with van der Waals surface area (Å²) in [6.45, 7) is 4.81. The molecule has 0 atom stereocenters. The summed E-state index contributed by atoms with van der Waals surface area (Å²) in [7, 11) is 0. The Morgan fingerprint density at radius 2 is 2.24 bits per heavy atom. The van der Waals surface area contributed by atoms with E-state index in [1.165, 1.54) is 0 Å². The van der Waals surface area contributed by atoms with E-state index in [0.717, 1.165) is 0 Å². The van der Waals surface area contributed by atoms with Crippen LogP contribution < -0.4 is 11.1 Å². The molecule has 94 valence electrons. The van der Waals surface area contributed by atoms with Gasteiger partial charge in [-0.2, -0.15) is 0 Å². The van der Waals surface area contributed by atoms with Crippen molar-refractivity contribution in [2.45, 2.75) is 20.0 Å². The van der Waals surface area contributed by atoms with Crippen molar-refractivity contribution in [2.75, 3.05) is 18.9 Å². The molecule has 0 fully saturated rings. The quantitative estimate of drug-likeness (QED) is 0.626. The van der Waals surface area contributed by atoms with Gasteiger partial charge in [-0.15, -0.1) is 0 Å². The van der Waals surface area contributed by atoms with Crippen LogP contribution in [0.1, 0.15) is 24.2 Å². The van der Waals surface area contributed by atoms with E-state index in [-0.39, 0.29) is 12.0 Å². The summed E-state index contributed by atoms with van der Waals surface area (Å²) in [5, 5.41) is 3.11.